The first-order valence-electron chi connectivity index (χ1n) is 5.77. The summed E-state index contributed by atoms with van der Waals surface area (Å²) in [7, 11) is 1.81. The van der Waals surface area contributed by atoms with Crippen molar-refractivity contribution in [3.05, 3.63) is 17.5 Å². The van der Waals surface area contributed by atoms with Crippen molar-refractivity contribution in [3.8, 4) is 0 Å². The highest BCUT2D eigenvalue weighted by atomic mass is 16.4. The Morgan fingerprint density at radius 1 is 1.53 bits per heavy atom. The second-order valence-corrected chi connectivity index (χ2v) is 4.37. The Labute approximate surface area is 100 Å². The highest BCUT2D eigenvalue weighted by Crippen LogP contribution is 2.23. The van der Waals surface area contributed by atoms with E-state index >= 15 is 0 Å². The van der Waals surface area contributed by atoms with Gasteiger partial charge in [-0.3, -0.25) is 14.4 Å². The maximum absolute atomic E-state index is 11.5. The standard InChI is InChI=1S/C11H18N4O2/c1-8-9(7-14(2)13-8)10(11(16)17)15-5-3-12-4-6-15/h7,10,12H,3-6H2,1-2H3,(H,16,17). The minimum Gasteiger partial charge on any atom is -0.480 e. The Morgan fingerprint density at radius 2 is 2.18 bits per heavy atom. The maximum Gasteiger partial charge on any atom is 0.325 e. The van der Waals surface area contributed by atoms with E-state index in [1.807, 2.05) is 18.9 Å². The van der Waals surface area contributed by atoms with Crippen molar-refractivity contribution in [2.75, 3.05) is 26.2 Å². The molecule has 0 radical (unpaired) electrons. The van der Waals surface area contributed by atoms with Gasteiger partial charge in [-0.2, -0.15) is 5.10 Å². The predicted octanol–water partition coefficient (Wildman–Crippen LogP) is -0.241. The second-order valence-electron chi connectivity index (χ2n) is 4.37. The Bertz CT molecular complexity index is 410. The van der Waals surface area contributed by atoms with Crippen LogP contribution in [0.3, 0.4) is 0 Å². The van der Waals surface area contributed by atoms with Crippen molar-refractivity contribution in [1.29, 1.82) is 0 Å². The number of hydrogen-bond acceptors (Lipinski definition) is 4. The Kier molecular flexibility index (Phi) is 3.44. The number of carboxylic acids is 1. The molecule has 1 unspecified atom stereocenters. The molecule has 6 nitrogen and oxygen atoms in total. The number of carboxylic acid groups (broad SMARTS) is 1. The van der Waals surface area contributed by atoms with Crippen molar-refractivity contribution >= 4 is 5.97 Å². The molecule has 1 aromatic rings. The van der Waals surface area contributed by atoms with E-state index in [2.05, 4.69) is 10.4 Å². The van der Waals surface area contributed by atoms with E-state index in [-0.39, 0.29) is 0 Å². The summed E-state index contributed by atoms with van der Waals surface area (Å²) in [6, 6.07) is -0.578. The van der Waals surface area contributed by atoms with Gasteiger partial charge >= 0.3 is 5.97 Å². The first kappa shape index (κ1) is 12.1. The van der Waals surface area contributed by atoms with Gasteiger partial charge in [0.05, 0.1) is 5.69 Å². The van der Waals surface area contributed by atoms with Gasteiger partial charge < -0.3 is 10.4 Å². The number of nitrogens with zero attached hydrogens (tertiary/aromatic N) is 3. The molecule has 1 aromatic heterocycles. The Balaban J connectivity index is 2.28. The first-order valence-corrected chi connectivity index (χ1v) is 5.77. The molecule has 1 fully saturated rings. The summed E-state index contributed by atoms with van der Waals surface area (Å²) in [5, 5.41) is 16.9. The van der Waals surface area contributed by atoms with Crippen molar-refractivity contribution in [2.45, 2.75) is 13.0 Å². The molecule has 1 aliphatic heterocycles. The lowest BCUT2D eigenvalue weighted by Crippen LogP contribution is -2.47. The molecule has 0 spiro atoms. The molecule has 0 aliphatic carbocycles. The van der Waals surface area contributed by atoms with Gasteiger partial charge in [-0.15, -0.1) is 0 Å². The van der Waals surface area contributed by atoms with Crippen LogP contribution in [0.15, 0.2) is 6.20 Å². The van der Waals surface area contributed by atoms with E-state index in [4.69, 9.17) is 0 Å². The number of rotatable bonds is 3. The molecule has 2 rings (SSSR count). The number of aryl methyl sites for hydroxylation is 2. The van der Waals surface area contributed by atoms with Crippen LogP contribution < -0.4 is 5.32 Å². The summed E-state index contributed by atoms with van der Waals surface area (Å²) in [5.41, 5.74) is 1.58. The molecule has 0 aromatic carbocycles. The van der Waals surface area contributed by atoms with Gasteiger partial charge in [-0.25, -0.2) is 0 Å². The Hall–Kier alpha value is -1.40. The molecular formula is C11H18N4O2. The van der Waals surface area contributed by atoms with E-state index in [9.17, 15) is 9.90 Å². The van der Waals surface area contributed by atoms with Crippen molar-refractivity contribution in [1.82, 2.24) is 20.0 Å². The van der Waals surface area contributed by atoms with Gasteiger partial charge in [0.2, 0.25) is 0 Å². The zero-order chi connectivity index (χ0) is 12.4. The predicted molar refractivity (Wildman–Crippen MR) is 62.8 cm³/mol. The summed E-state index contributed by atoms with van der Waals surface area (Å²) in [6.07, 6.45) is 1.80. The van der Waals surface area contributed by atoms with Gasteiger partial charge in [0.15, 0.2) is 0 Å². The average Bonchev–Trinajstić information content (AvgIpc) is 2.59. The number of aromatic nitrogens is 2. The first-order chi connectivity index (χ1) is 8.09. The molecule has 0 saturated carbocycles. The second kappa shape index (κ2) is 4.85. The topological polar surface area (TPSA) is 70.4 Å². The molecular weight excluding hydrogens is 220 g/mol. The van der Waals surface area contributed by atoms with Crippen LogP contribution in [-0.4, -0.2) is 51.9 Å². The van der Waals surface area contributed by atoms with Crippen LogP contribution in [0, 0.1) is 6.92 Å². The summed E-state index contributed by atoms with van der Waals surface area (Å²) in [4.78, 5) is 13.5. The molecule has 1 atom stereocenters. The zero-order valence-electron chi connectivity index (χ0n) is 10.2. The normalized spacial score (nSPS) is 19.2. The number of hydrogen-bond donors (Lipinski definition) is 2. The van der Waals surface area contributed by atoms with E-state index in [0.29, 0.717) is 0 Å². The fourth-order valence-corrected chi connectivity index (χ4v) is 2.31. The van der Waals surface area contributed by atoms with Crippen LogP contribution in [0.25, 0.3) is 0 Å². The van der Waals surface area contributed by atoms with Crippen LogP contribution in [0.2, 0.25) is 0 Å². The van der Waals surface area contributed by atoms with Crippen LogP contribution in [-0.2, 0) is 11.8 Å². The third-order valence-corrected chi connectivity index (χ3v) is 3.10. The van der Waals surface area contributed by atoms with Gasteiger partial charge in [-0.05, 0) is 6.92 Å². The lowest BCUT2D eigenvalue weighted by Gasteiger charge is -2.32. The molecule has 1 saturated heterocycles. The number of carbonyl (C=O) groups is 1. The molecule has 6 heteroatoms. The van der Waals surface area contributed by atoms with Crippen LogP contribution in [0.4, 0.5) is 0 Å². The summed E-state index contributed by atoms with van der Waals surface area (Å²) in [5.74, 6) is -0.803. The van der Waals surface area contributed by atoms with Gasteiger partial charge in [-0.1, -0.05) is 0 Å². The number of nitrogens with one attached hydrogen (secondary N) is 1. The molecule has 2 N–H and O–H groups in total. The van der Waals surface area contributed by atoms with Crippen molar-refractivity contribution in [3.63, 3.8) is 0 Å². The largest absolute Gasteiger partial charge is 0.480 e. The SMILES string of the molecule is Cc1nn(C)cc1C(C(=O)O)N1CCNCC1. The maximum atomic E-state index is 11.5. The van der Waals surface area contributed by atoms with Gasteiger partial charge in [0.25, 0.3) is 0 Å². The number of aliphatic carboxylic acids is 1. The molecule has 0 amide bonds. The van der Waals surface area contributed by atoms with Gasteiger partial charge in [0, 0.05) is 45.0 Å². The summed E-state index contributed by atoms with van der Waals surface area (Å²) >= 11 is 0. The average molecular weight is 238 g/mol. The van der Waals surface area contributed by atoms with Crippen LogP contribution in [0.5, 0.6) is 0 Å². The van der Waals surface area contributed by atoms with Crippen molar-refractivity contribution in [2.24, 2.45) is 7.05 Å². The van der Waals surface area contributed by atoms with E-state index in [0.717, 1.165) is 37.4 Å². The molecule has 17 heavy (non-hydrogen) atoms. The van der Waals surface area contributed by atoms with E-state index < -0.39 is 12.0 Å². The minimum atomic E-state index is -0.803. The minimum absolute atomic E-state index is 0.578. The molecule has 0 bridgehead atoms. The smallest absolute Gasteiger partial charge is 0.325 e. The molecule has 1 aliphatic rings. The molecule has 94 valence electrons. The molecule has 2 heterocycles. The highest BCUT2D eigenvalue weighted by Gasteiger charge is 2.30. The fourth-order valence-electron chi connectivity index (χ4n) is 2.31. The Morgan fingerprint density at radius 3 is 2.65 bits per heavy atom. The lowest BCUT2D eigenvalue weighted by atomic mass is 10.1. The fraction of sp³-hybridized carbons (Fsp3) is 0.636. The van der Waals surface area contributed by atoms with Crippen LogP contribution in [0.1, 0.15) is 17.3 Å². The summed E-state index contributed by atoms with van der Waals surface area (Å²) in [6.45, 7) is 5.04. The third-order valence-electron chi connectivity index (χ3n) is 3.10. The van der Waals surface area contributed by atoms with Crippen molar-refractivity contribution < 1.29 is 9.90 Å². The van der Waals surface area contributed by atoms with E-state index in [1.165, 1.54) is 0 Å². The van der Waals surface area contributed by atoms with E-state index in [1.54, 1.807) is 10.9 Å². The lowest BCUT2D eigenvalue weighted by molar-refractivity contribution is -0.143. The summed E-state index contributed by atoms with van der Waals surface area (Å²) < 4.78 is 1.67. The third kappa shape index (κ3) is 2.48. The highest BCUT2D eigenvalue weighted by molar-refractivity contribution is 5.75. The zero-order valence-corrected chi connectivity index (χ0v) is 10.2. The van der Waals surface area contributed by atoms with Crippen LogP contribution >= 0.6 is 0 Å². The van der Waals surface area contributed by atoms with Gasteiger partial charge in [0.1, 0.15) is 6.04 Å². The monoisotopic (exact) mass is 238 g/mol. The quantitative estimate of drug-likeness (QED) is 0.760. The number of piperazine rings is 1.